The van der Waals surface area contributed by atoms with E-state index in [0.29, 0.717) is 19.0 Å². The Bertz CT molecular complexity index is 552. The van der Waals surface area contributed by atoms with E-state index in [4.69, 9.17) is 13.9 Å². The van der Waals surface area contributed by atoms with Crippen molar-refractivity contribution in [3.8, 4) is 5.75 Å². The smallest absolute Gasteiger partial charge is 0.333 e. The van der Waals surface area contributed by atoms with Gasteiger partial charge in [-0.1, -0.05) is 26.8 Å². The van der Waals surface area contributed by atoms with Gasteiger partial charge in [-0.2, -0.15) is 0 Å². The molecule has 0 aliphatic rings. The molecule has 4 nitrogen and oxygen atoms in total. The van der Waals surface area contributed by atoms with Crippen LogP contribution in [-0.2, 0) is 20.6 Å². The van der Waals surface area contributed by atoms with E-state index in [0.717, 1.165) is 9.13 Å². The lowest BCUT2D eigenvalue weighted by atomic mass is 10.2. The van der Waals surface area contributed by atoms with E-state index in [1.807, 2.05) is 18.2 Å². The third kappa shape index (κ3) is 7.50. The minimum atomic E-state index is -0.877. The maximum Gasteiger partial charge on any atom is 0.333 e. The highest BCUT2D eigenvalue weighted by Gasteiger charge is 2.24. The van der Waals surface area contributed by atoms with Crippen molar-refractivity contribution < 1.29 is 18.7 Å². The summed E-state index contributed by atoms with van der Waals surface area (Å²) in [5, 5.41) is 0.204. The van der Waals surface area contributed by atoms with Gasteiger partial charge in [0.2, 0.25) is 9.04 Å². The van der Waals surface area contributed by atoms with Crippen LogP contribution in [0.1, 0.15) is 33.3 Å². The van der Waals surface area contributed by atoms with Crippen molar-refractivity contribution in [3.05, 3.63) is 39.7 Å². The second-order valence-electron chi connectivity index (χ2n) is 6.03. The van der Waals surface area contributed by atoms with Crippen molar-refractivity contribution in [1.82, 2.24) is 0 Å². The monoisotopic (exact) mass is 447 g/mol. The second-order valence-corrected chi connectivity index (χ2v) is 10.1. The summed E-state index contributed by atoms with van der Waals surface area (Å²) in [6.45, 7) is 11.5. The zero-order valence-electron chi connectivity index (χ0n) is 14.3. The molecule has 0 bridgehead atoms. The molecule has 1 rings (SSSR count). The molecule has 0 unspecified atom stereocenters. The summed E-state index contributed by atoms with van der Waals surface area (Å²) in [6.07, 6.45) is 2.62. The number of ether oxygens (including phenoxy) is 2. The molecule has 0 aromatic heterocycles. The highest BCUT2D eigenvalue weighted by molar-refractivity contribution is 14.1. The average Bonchev–Trinajstić information content (AvgIpc) is 2.46. The molecule has 6 heteroatoms. The van der Waals surface area contributed by atoms with E-state index in [2.05, 4.69) is 49.9 Å². The van der Waals surface area contributed by atoms with Crippen LogP contribution in [0.25, 0.3) is 0 Å². The van der Waals surface area contributed by atoms with E-state index in [1.54, 1.807) is 6.92 Å². The Morgan fingerprint density at radius 1 is 1.35 bits per heavy atom. The first-order chi connectivity index (χ1) is 10.7. The fourth-order valence-electron chi connectivity index (χ4n) is 1.49. The third-order valence-electron chi connectivity index (χ3n) is 3.19. The van der Waals surface area contributed by atoms with Crippen molar-refractivity contribution in [2.24, 2.45) is 0 Å². The molecule has 127 valence electrons. The first kappa shape index (κ1) is 20.2. The number of halogens is 1. The molecule has 0 aliphatic carbocycles. The van der Waals surface area contributed by atoms with Gasteiger partial charge >= 0.3 is 5.97 Å². The maximum absolute atomic E-state index is 11.2. The minimum absolute atomic E-state index is 0.204. The summed E-state index contributed by atoms with van der Waals surface area (Å²) >= 11 is 2.20. The SMILES string of the molecule is CCOC(=O)C=COc1cc(CO[Si](C)C(C)(C)C)ccc1I. The second kappa shape index (κ2) is 9.44. The molecular formula is C17H24IO4Si. The van der Waals surface area contributed by atoms with Gasteiger partial charge in [-0.05, 0) is 58.8 Å². The summed E-state index contributed by atoms with van der Waals surface area (Å²) in [5.74, 6) is 0.290. The van der Waals surface area contributed by atoms with Crippen molar-refractivity contribution in [2.45, 2.75) is 45.9 Å². The fraction of sp³-hybridized carbons (Fsp3) is 0.471. The van der Waals surface area contributed by atoms with E-state index >= 15 is 0 Å². The summed E-state index contributed by atoms with van der Waals surface area (Å²) in [6, 6.07) is 5.95. The molecular weight excluding hydrogens is 423 g/mol. The van der Waals surface area contributed by atoms with Crippen molar-refractivity contribution in [2.75, 3.05) is 6.61 Å². The van der Waals surface area contributed by atoms with Crippen LogP contribution in [0.15, 0.2) is 30.5 Å². The Hall–Kier alpha value is -0.863. The van der Waals surface area contributed by atoms with Gasteiger partial charge in [-0.15, -0.1) is 0 Å². The molecule has 23 heavy (non-hydrogen) atoms. The molecule has 0 atom stereocenters. The predicted molar refractivity (Wildman–Crippen MR) is 102 cm³/mol. The van der Waals surface area contributed by atoms with Crippen molar-refractivity contribution >= 4 is 37.6 Å². The van der Waals surface area contributed by atoms with Gasteiger partial charge in [0.25, 0.3) is 0 Å². The Morgan fingerprint density at radius 3 is 2.65 bits per heavy atom. The molecule has 0 N–H and O–H groups in total. The standard InChI is InChI=1S/C17H24IO4Si/c1-6-20-16(19)9-10-21-15-11-13(7-8-14(15)18)12-22-23(5)17(2,3)4/h7-11H,6,12H2,1-5H3. The number of hydrogen-bond donors (Lipinski definition) is 0. The van der Waals surface area contributed by atoms with Gasteiger partial charge in [0, 0.05) is 0 Å². The average molecular weight is 447 g/mol. The minimum Gasteiger partial charge on any atom is -0.464 e. The van der Waals surface area contributed by atoms with Crippen LogP contribution in [0.5, 0.6) is 5.75 Å². The maximum atomic E-state index is 11.2. The van der Waals surface area contributed by atoms with Crippen LogP contribution >= 0.6 is 22.6 Å². The molecule has 1 radical (unpaired) electrons. The first-order valence-corrected chi connectivity index (χ1v) is 10.5. The summed E-state index contributed by atoms with van der Waals surface area (Å²) in [5.41, 5.74) is 1.05. The van der Waals surface area contributed by atoms with Crippen molar-refractivity contribution in [1.29, 1.82) is 0 Å². The highest BCUT2D eigenvalue weighted by atomic mass is 127. The predicted octanol–water partition coefficient (Wildman–Crippen LogP) is 4.68. The third-order valence-corrected chi connectivity index (χ3v) is 6.77. The Morgan fingerprint density at radius 2 is 2.04 bits per heavy atom. The van der Waals surface area contributed by atoms with Crippen LogP contribution in [-0.4, -0.2) is 21.6 Å². The Kier molecular flexibility index (Phi) is 8.28. The zero-order chi connectivity index (χ0) is 17.5. The molecule has 0 heterocycles. The first-order valence-electron chi connectivity index (χ1n) is 7.49. The summed E-state index contributed by atoms with van der Waals surface area (Å²) < 4.78 is 17.3. The van der Waals surface area contributed by atoms with Crippen molar-refractivity contribution in [3.63, 3.8) is 0 Å². The van der Waals surface area contributed by atoms with E-state index < -0.39 is 15.0 Å². The number of hydrogen-bond acceptors (Lipinski definition) is 4. The van der Waals surface area contributed by atoms with Crippen LogP contribution in [0, 0.1) is 3.57 Å². The molecule has 1 aromatic carbocycles. The molecule has 0 fully saturated rings. The van der Waals surface area contributed by atoms with Crippen LogP contribution in [0.2, 0.25) is 11.6 Å². The van der Waals surface area contributed by atoms with Crippen LogP contribution in [0.4, 0.5) is 0 Å². The van der Waals surface area contributed by atoms with Crippen LogP contribution in [0.3, 0.4) is 0 Å². The molecule has 0 aliphatic heterocycles. The lowest BCUT2D eigenvalue weighted by Gasteiger charge is -2.24. The van der Waals surface area contributed by atoms with Gasteiger partial charge in [0.1, 0.15) is 5.75 Å². The van der Waals surface area contributed by atoms with Gasteiger partial charge in [-0.3, -0.25) is 0 Å². The Labute approximate surface area is 154 Å². The van der Waals surface area contributed by atoms with Crippen LogP contribution < -0.4 is 4.74 Å². The zero-order valence-corrected chi connectivity index (χ0v) is 17.5. The fourth-order valence-corrected chi connectivity index (χ4v) is 2.77. The lowest BCUT2D eigenvalue weighted by molar-refractivity contribution is -0.137. The van der Waals surface area contributed by atoms with E-state index in [9.17, 15) is 4.79 Å². The van der Waals surface area contributed by atoms with Gasteiger partial charge < -0.3 is 13.9 Å². The molecule has 1 aromatic rings. The number of rotatable bonds is 7. The molecule has 0 saturated carbocycles. The topological polar surface area (TPSA) is 44.8 Å². The quantitative estimate of drug-likeness (QED) is 0.200. The number of benzene rings is 1. The molecule has 0 amide bonds. The van der Waals surface area contributed by atoms with E-state index in [-0.39, 0.29) is 5.04 Å². The number of carbonyl (C=O) groups excluding carboxylic acids is 1. The number of esters is 1. The molecule has 0 spiro atoms. The van der Waals surface area contributed by atoms with E-state index in [1.165, 1.54) is 12.3 Å². The largest absolute Gasteiger partial charge is 0.464 e. The Balaban J connectivity index is 2.67. The highest BCUT2D eigenvalue weighted by Crippen LogP contribution is 2.28. The molecule has 0 saturated heterocycles. The normalized spacial score (nSPS) is 12.0. The lowest BCUT2D eigenvalue weighted by Crippen LogP contribution is -2.25. The van der Waals surface area contributed by atoms with Gasteiger partial charge in [0.15, 0.2) is 0 Å². The number of carbonyl (C=O) groups is 1. The summed E-state index contributed by atoms with van der Waals surface area (Å²) in [4.78, 5) is 11.2. The summed E-state index contributed by atoms with van der Waals surface area (Å²) in [7, 11) is -0.877. The van der Waals surface area contributed by atoms with Gasteiger partial charge in [-0.25, -0.2) is 4.79 Å². The van der Waals surface area contributed by atoms with Gasteiger partial charge in [0.05, 0.1) is 29.1 Å².